The topological polar surface area (TPSA) is 59.9 Å². The lowest BCUT2D eigenvalue weighted by atomic mass is 10.1. The lowest BCUT2D eigenvalue weighted by molar-refractivity contribution is -0.137. The molecule has 0 aliphatic carbocycles. The maximum atomic E-state index is 12.7. The van der Waals surface area contributed by atoms with Crippen LogP contribution in [0.3, 0.4) is 0 Å². The van der Waals surface area contributed by atoms with E-state index in [4.69, 9.17) is 0 Å². The second kappa shape index (κ2) is 12.4. The van der Waals surface area contributed by atoms with Crippen LogP contribution in [0.1, 0.15) is 35.6 Å². The number of likely N-dealkylation sites (tertiary alicyclic amines) is 1. The van der Waals surface area contributed by atoms with Gasteiger partial charge in [-0.2, -0.15) is 13.2 Å². The van der Waals surface area contributed by atoms with E-state index < -0.39 is 11.7 Å². The van der Waals surface area contributed by atoms with Crippen molar-refractivity contribution in [2.24, 2.45) is 4.99 Å². The number of guanidine groups is 1. The average Bonchev–Trinajstić information content (AvgIpc) is 3.19. The summed E-state index contributed by atoms with van der Waals surface area (Å²) in [5, 5.41) is 16.2. The lowest BCUT2D eigenvalue weighted by Crippen LogP contribution is -2.44. The van der Waals surface area contributed by atoms with E-state index in [0.29, 0.717) is 13.1 Å². The van der Waals surface area contributed by atoms with E-state index in [1.165, 1.54) is 0 Å². The number of alkyl halides is 3. The number of nitrogens with one attached hydrogen (secondary N) is 2. The molecule has 5 nitrogen and oxygen atoms in total. The Labute approximate surface area is 204 Å². The van der Waals surface area contributed by atoms with Crippen LogP contribution in [0, 0.1) is 0 Å². The summed E-state index contributed by atoms with van der Waals surface area (Å²) in [5.74, 6) is 0.719. The predicted octanol–water partition coefficient (Wildman–Crippen LogP) is 4.15. The van der Waals surface area contributed by atoms with E-state index >= 15 is 0 Å². The summed E-state index contributed by atoms with van der Waals surface area (Å²) in [5.41, 5.74) is 2.10. The first-order valence-electron chi connectivity index (χ1n) is 10.5. The number of rotatable bonds is 7. The SMILES string of the molecule is CCNC(=NCc1ccccc1CO)NC1CCN(Cc2ccc(C(F)(F)F)cc2)C1.I. The third kappa shape index (κ3) is 7.63. The number of aliphatic imine (C=N–C) groups is 1. The summed E-state index contributed by atoms with van der Waals surface area (Å²) in [6, 6.07) is 13.3. The molecule has 176 valence electrons. The van der Waals surface area contributed by atoms with Crippen molar-refractivity contribution < 1.29 is 18.3 Å². The monoisotopic (exact) mass is 562 g/mol. The second-order valence-corrected chi connectivity index (χ2v) is 7.68. The third-order valence-corrected chi connectivity index (χ3v) is 5.34. The van der Waals surface area contributed by atoms with Gasteiger partial charge in [-0.25, -0.2) is 4.99 Å². The standard InChI is InChI=1S/C23H29F3N4O.HI/c1-2-27-22(28-13-18-5-3-4-6-19(18)16-31)29-21-11-12-30(15-21)14-17-7-9-20(10-8-17)23(24,25)26;/h3-10,21,31H,2,11-16H2,1H3,(H2,27,28,29);1H. The van der Waals surface area contributed by atoms with Crippen molar-refractivity contribution in [3.05, 3.63) is 70.8 Å². The fourth-order valence-electron chi connectivity index (χ4n) is 3.70. The van der Waals surface area contributed by atoms with Gasteiger partial charge in [0, 0.05) is 32.2 Å². The molecule has 1 unspecified atom stereocenters. The van der Waals surface area contributed by atoms with E-state index in [2.05, 4.69) is 20.5 Å². The van der Waals surface area contributed by atoms with Crippen LogP contribution in [0.2, 0.25) is 0 Å². The minimum atomic E-state index is -4.30. The Bertz CT molecular complexity index is 874. The lowest BCUT2D eigenvalue weighted by Gasteiger charge is -2.19. The second-order valence-electron chi connectivity index (χ2n) is 7.68. The molecule has 1 fully saturated rings. The van der Waals surface area contributed by atoms with Gasteiger partial charge in [0.25, 0.3) is 0 Å². The zero-order valence-electron chi connectivity index (χ0n) is 18.0. The van der Waals surface area contributed by atoms with Crippen molar-refractivity contribution in [3.8, 4) is 0 Å². The molecule has 2 aromatic rings. The molecule has 0 amide bonds. The Morgan fingerprint density at radius 2 is 1.81 bits per heavy atom. The average molecular weight is 562 g/mol. The molecular weight excluding hydrogens is 532 g/mol. The number of aliphatic hydroxyl groups is 1. The molecule has 0 aromatic heterocycles. The van der Waals surface area contributed by atoms with E-state index in [1.54, 1.807) is 12.1 Å². The molecule has 32 heavy (non-hydrogen) atoms. The van der Waals surface area contributed by atoms with Crippen LogP contribution in [-0.2, 0) is 25.9 Å². The predicted molar refractivity (Wildman–Crippen MR) is 131 cm³/mol. The largest absolute Gasteiger partial charge is 0.416 e. The molecule has 9 heteroatoms. The van der Waals surface area contributed by atoms with Gasteiger partial charge >= 0.3 is 6.18 Å². The fourth-order valence-corrected chi connectivity index (χ4v) is 3.70. The Kier molecular flexibility index (Phi) is 10.2. The van der Waals surface area contributed by atoms with Gasteiger partial charge in [-0.3, -0.25) is 4.90 Å². The van der Waals surface area contributed by atoms with Crippen molar-refractivity contribution in [2.75, 3.05) is 19.6 Å². The van der Waals surface area contributed by atoms with Crippen LogP contribution < -0.4 is 10.6 Å². The Hall–Kier alpha value is -1.85. The Morgan fingerprint density at radius 1 is 1.12 bits per heavy atom. The summed E-state index contributed by atoms with van der Waals surface area (Å²) >= 11 is 0. The van der Waals surface area contributed by atoms with Gasteiger partial charge < -0.3 is 15.7 Å². The first-order valence-corrected chi connectivity index (χ1v) is 10.5. The van der Waals surface area contributed by atoms with Crippen molar-refractivity contribution in [1.29, 1.82) is 0 Å². The fraction of sp³-hybridized carbons (Fsp3) is 0.435. The van der Waals surface area contributed by atoms with Crippen LogP contribution in [0.5, 0.6) is 0 Å². The van der Waals surface area contributed by atoms with Crippen LogP contribution in [-0.4, -0.2) is 41.6 Å². The number of halogens is 4. The van der Waals surface area contributed by atoms with Crippen molar-refractivity contribution in [1.82, 2.24) is 15.5 Å². The minimum absolute atomic E-state index is 0. The molecular formula is C23H30F3IN4O. The number of nitrogens with zero attached hydrogens (tertiary/aromatic N) is 2. The number of hydrogen-bond donors (Lipinski definition) is 3. The third-order valence-electron chi connectivity index (χ3n) is 5.34. The highest BCUT2D eigenvalue weighted by atomic mass is 127. The molecule has 1 aliphatic heterocycles. The number of benzene rings is 2. The highest BCUT2D eigenvalue weighted by molar-refractivity contribution is 14.0. The van der Waals surface area contributed by atoms with Gasteiger partial charge in [0.05, 0.1) is 18.7 Å². The van der Waals surface area contributed by atoms with Crippen LogP contribution in [0.25, 0.3) is 0 Å². The minimum Gasteiger partial charge on any atom is -0.392 e. The van der Waals surface area contributed by atoms with Gasteiger partial charge in [0.2, 0.25) is 0 Å². The molecule has 0 saturated carbocycles. The zero-order valence-corrected chi connectivity index (χ0v) is 20.4. The molecule has 0 radical (unpaired) electrons. The molecule has 3 rings (SSSR count). The summed E-state index contributed by atoms with van der Waals surface area (Å²) in [7, 11) is 0. The molecule has 0 bridgehead atoms. The quantitative estimate of drug-likeness (QED) is 0.270. The number of hydrogen-bond acceptors (Lipinski definition) is 3. The number of aliphatic hydroxyl groups excluding tert-OH is 1. The van der Waals surface area contributed by atoms with Crippen molar-refractivity contribution >= 4 is 29.9 Å². The van der Waals surface area contributed by atoms with Crippen LogP contribution in [0.4, 0.5) is 13.2 Å². The van der Waals surface area contributed by atoms with Crippen LogP contribution >= 0.6 is 24.0 Å². The summed E-state index contributed by atoms with van der Waals surface area (Å²) in [6.45, 7) is 5.46. The smallest absolute Gasteiger partial charge is 0.392 e. The maximum absolute atomic E-state index is 12.7. The van der Waals surface area contributed by atoms with E-state index in [1.807, 2.05) is 31.2 Å². The summed E-state index contributed by atoms with van der Waals surface area (Å²) in [4.78, 5) is 6.88. The highest BCUT2D eigenvalue weighted by Gasteiger charge is 2.30. The molecule has 1 aliphatic rings. The Balaban J connectivity index is 0.00000363. The summed E-state index contributed by atoms with van der Waals surface area (Å²) < 4.78 is 38.2. The van der Waals surface area contributed by atoms with Gasteiger partial charge in [0.1, 0.15) is 0 Å². The van der Waals surface area contributed by atoms with E-state index in [0.717, 1.165) is 60.8 Å². The van der Waals surface area contributed by atoms with Crippen molar-refractivity contribution in [2.45, 2.75) is 45.3 Å². The van der Waals surface area contributed by atoms with Gasteiger partial charge in [-0.1, -0.05) is 36.4 Å². The zero-order chi connectivity index (χ0) is 22.3. The molecule has 0 spiro atoms. The molecule has 2 aromatic carbocycles. The molecule has 1 saturated heterocycles. The van der Waals surface area contributed by atoms with Gasteiger partial charge in [-0.15, -0.1) is 24.0 Å². The van der Waals surface area contributed by atoms with Crippen LogP contribution in [0.15, 0.2) is 53.5 Å². The normalized spacial score (nSPS) is 17.2. The highest BCUT2D eigenvalue weighted by Crippen LogP contribution is 2.29. The van der Waals surface area contributed by atoms with E-state index in [9.17, 15) is 18.3 Å². The molecule has 1 heterocycles. The van der Waals surface area contributed by atoms with Gasteiger partial charge in [-0.05, 0) is 42.2 Å². The summed E-state index contributed by atoms with van der Waals surface area (Å²) in [6.07, 6.45) is -3.38. The Morgan fingerprint density at radius 3 is 2.44 bits per heavy atom. The first-order chi connectivity index (χ1) is 14.9. The van der Waals surface area contributed by atoms with E-state index in [-0.39, 0.29) is 36.6 Å². The molecule has 3 N–H and O–H groups in total. The first kappa shape index (κ1) is 26.4. The maximum Gasteiger partial charge on any atom is 0.416 e. The van der Waals surface area contributed by atoms with Gasteiger partial charge in [0.15, 0.2) is 5.96 Å². The van der Waals surface area contributed by atoms with Crippen molar-refractivity contribution in [3.63, 3.8) is 0 Å². The molecule has 1 atom stereocenters.